The predicted octanol–water partition coefficient (Wildman–Crippen LogP) is 1.99. The molecule has 0 spiro atoms. The van der Waals surface area contributed by atoms with Gasteiger partial charge >= 0.3 is 6.18 Å². The fourth-order valence-corrected chi connectivity index (χ4v) is 1.73. The Morgan fingerprint density at radius 2 is 2.00 bits per heavy atom. The maximum Gasteiger partial charge on any atom is 0.420 e. The first kappa shape index (κ1) is 12.1. The third-order valence-electron chi connectivity index (χ3n) is 2.82. The minimum atomic E-state index is -4.44. The third-order valence-corrected chi connectivity index (χ3v) is 2.82. The molecule has 7 heteroatoms. The van der Waals surface area contributed by atoms with Crippen LogP contribution in [0.3, 0.4) is 0 Å². The molecular weight excluding hydrogens is 240 g/mol. The molecule has 17 heavy (non-hydrogen) atoms. The van der Waals surface area contributed by atoms with Crippen LogP contribution in [-0.2, 0) is 4.74 Å². The van der Waals surface area contributed by atoms with Crippen LogP contribution in [0.25, 0.3) is 0 Å². The van der Waals surface area contributed by atoms with E-state index in [1.54, 1.807) is 0 Å². The zero-order valence-corrected chi connectivity index (χ0v) is 8.96. The van der Waals surface area contributed by atoms with Crippen molar-refractivity contribution in [2.24, 2.45) is 0 Å². The number of nitrogens with zero attached hydrogens (tertiary/aromatic N) is 2. The second-order valence-corrected chi connectivity index (χ2v) is 3.87. The number of rotatable bonds is 2. The summed E-state index contributed by atoms with van der Waals surface area (Å²) in [4.78, 5) is 4.83. The molecule has 0 atom stereocenters. The predicted molar refractivity (Wildman–Crippen MR) is 52.2 cm³/mol. The van der Waals surface area contributed by atoms with Crippen LogP contribution < -0.4 is 4.90 Å². The lowest BCUT2D eigenvalue weighted by Crippen LogP contribution is -2.70. The smallest absolute Gasteiger partial charge is 0.365 e. The average molecular weight is 250 g/mol. The Bertz CT molecular complexity index is 415. The minimum Gasteiger partial charge on any atom is -0.365 e. The van der Waals surface area contributed by atoms with Crippen LogP contribution in [0.4, 0.5) is 23.4 Å². The topological polar surface area (TPSA) is 25.4 Å². The molecule has 0 unspecified atom stereocenters. The van der Waals surface area contributed by atoms with Gasteiger partial charge in [0, 0.05) is 7.11 Å². The summed E-state index contributed by atoms with van der Waals surface area (Å²) >= 11 is 0. The van der Waals surface area contributed by atoms with Crippen LogP contribution in [0.5, 0.6) is 0 Å². The fourth-order valence-electron chi connectivity index (χ4n) is 1.73. The SMILES string of the molecule is COC1(C(F)(F)F)CN(c2cccc(F)n2)C1. The van der Waals surface area contributed by atoms with Gasteiger partial charge in [-0.25, -0.2) is 4.98 Å². The summed E-state index contributed by atoms with van der Waals surface area (Å²) in [5, 5.41) is 0. The van der Waals surface area contributed by atoms with E-state index in [4.69, 9.17) is 0 Å². The van der Waals surface area contributed by atoms with Crippen LogP contribution in [-0.4, -0.2) is 37.0 Å². The number of methoxy groups -OCH3 is 1. The summed E-state index contributed by atoms with van der Waals surface area (Å²) < 4.78 is 55.4. The van der Waals surface area contributed by atoms with Gasteiger partial charge in [0.1, 0.15) is 5.82 Å². The molecular formula is C10H10F4N2O. The lowest BCUT2D eigenvalue weighted by Gasteiger charge is -2.49. The van der Waals surface area contributed by atoms with Gasteiger partial charge < -0.3 is 9.64 Å². The molecule has 0 N–H and O–H groups in total. The van der Waals surface area contributed by atoms with Crippen molar-refractivity contribution in [2.45, 2.75) is 11.8 Å². The Labute approximate surface area is 95.0 Å². The first-order chi connectivity index (χ1) is 7.88. The second-order valence-electron chi connectivity index (χ2n) is 3.87. The fraction of sp³-hybridized carbons (Fsp3) is 0.500. The largest absolute Gasteiger partial charge is 0.420 e. The van der Waals surface area contributed by atoms with E-state index in [1.165, 1.54) is 17.0 Å². The van der Waals surface area contributed by atoms with E-state index in [-0.39, 0.29) is 18.9 Å². The number of anilines is 1. The van der Waals surface area contributed by atoms with Gasteiger partial charge in [-0.1, -0.05) is 6.07 Å². The van der Waals surface area contributed by atoms with Gasteiger partial charge in [0.2, 0.25) is 5.95 Å². The van der Waals surface area contributed by atoms with Crippen molar-refractivity contribution in [3.63, 3.8) is 0 Å². The van der Waals surface area contributed by atoms with Crippen LogP contribution in [0.2, 0.25) is 0 Å². The van der Waals surface area contributed by atoms with Gasteiger partial charge in [-0.15, -0.1) is 0 Å². The zero-order valence-electron chi connectivity index (χ0n) is 8.96. The summed E-state index contributed by atoms with van der Waals surface area (Å²) in [7, 11) is 1.02. The van der Waals surface area contributed by atoms with Gasteiger partial charge in [0.05, 0.1) is 13.1 Å². The van der Waals surface area contributed by atoms with Crippen molar-refractivity contribution in [2.75, 3.05) is 25.1 Å². The Hall–Kier alpha value is -1.37. The average Bonchev–Trinajstić information content (AvgIpc) is 2.14. The van der Waals surface area contributed by atoms with E-state index in [9.17, 15) is 17.6 Å². The van der Waals surface area contributed by atoms with Crippen LogP contribution in [0.1, 0.15) is 0 Å². The van der Waals surface area contributed by atoms with E-state index in [0.717, 1.165) is 13.2 Å². The summed E-state index contributed by atoms with van der Waals surface area (Å²) in [6.45, 7) is -0.743. The van der Waals surface area contributed by atoms with Gasteiger partial charge in [-0.3, -0.25) is 0 Å². The zero-order chi connectivity index (χ0) is 12.7. The van der Waals surface area contributed by atoms with Gasteiger partial charge in [0.15, 0.2) is 5.60 Å². The van der Waals surface area contributed by atoms with Crippen molar-refractivity contribution < 1.29 is 22.3 Å². The highest BCUT2D eigenvalue weighted by Crippen LogP contribution is 2.41. The number of alkyl halides is 3. The maximum atomic E-state index is 12.8. The van der Waals surface area contributed by atoms with Gasteiger partial charge in [0.25, 0.3) is 0 Å². The Balaban J connectivity index is 2.12. The van der Waals surface area contributed by atoms with E-state index < -0.39 is 17.7 Å². The van der Waals surface area contributed by atoms with E-state index >= 15 is 0 Å². The Morgan fingerprint density at radius 1 is 1.35 bits per heavy atom. The van der Waals surface area contributed by atoms with Crippen molar-refractivity contribution in [3.05, 3.63) is 24.1 Å². The van der Waals surface area contributed by atoms with Crippen molar-refractivity contribution >= 4 is 5.82 Å². The maximum absolute atomic E-state index is 12.8. The summed E-state index contributed by atoms with van der Waals surface area (Å²) in [6, 6.07) is 3.99. The molecule has 0 amide bonds. The van der Waals surface area contributed by atoms with Gasteiger partial charge in [-0.2, -0.15) is 17.6 Å². The molecule has 1 aromatic rings. The third kappa shape index (κ3) is 1.95. The lowest BCUT2D eigenvalue weighted by atomic mass is 9.93. The van der Waals surface area contributed by atoms with Crippen molar-refractivity contribution in [1.29, 1.82) is 0 Å². The Kier molecular flexibility index (Phi) is 2.73. The lowest BCUT2D eigenvalue weighted by molar-refractivity contribution is -0.277. The normalized spacial score (nSPS) is 19.0. The van der Waals surface area contributed by atoms with Crippen LogP contribution >= 0.6 is 0 Å². The highest BCUT2D eigenvalue weighted by Gasteiger charge is 2.63. The molecule has 0 aliphatic carbocycles. The quantitative estimate of drug-likeness (QED) is 0.593. The molecule has 94 valence electrons. The number of ether oxygens (including phenoxy) is 1. The standard InChI is InChI=1S/C10H10F4N2O/c1-17-9(10(12,13)14)5-16(6-9)8-4-2-3-7(11)15-8/h2-4H,5-6H2,1H3. The molecule has 0 bridgehead atoms. The molecule has 1 aromatic heterocycles. The number of hydrogen-bond donors (Lipinski definition) is 0. The molecule has 1 aliphatic heterocycles. The first-order valence-corrected chi connectivity index (χ1v) is 4.87. The molecule has 1 fully saturated rings. The van der Waals surface area contributed by atoms with E-state index in [0.29, 0.717) is 0 Å². The number of aromatic nitrogens is 1. The summed E-state index contributed by atoms with van der Waals surface area (Å²) in [5.74, 6) is -0.536. The number of halogens is 4. The second kappa shape index (κ2) is 3.83. The number of hydrogen-bond acceptors (Lipinski definition) is 3. The molecule has 2 rings (SSSR count). The minimum absolute atomic E-state index is 0.182. The molecule has 1 saturated heterocycles. The van der Waals surface area contributed by atoms with Crippen LogP contribution in [0, 0.1) is 5.95 Å². The van der Waals surface area contributed by atoms with Crippen LogP contribution in [0.15, 0.2) is 18.2 Å². The Morgan fingerprint density at radius 3 is 2.47 bits per heavy atom. The molecule has 2 heterocycles. The molecule has 0 saturated carbocycles. The van der Waals surface area contributed by atoms with Gasteiger partial charge in [-0.05, 0) is 12.1 Å². The monoisotopic (exact) mass is 250 g/mol. The summed E-state index contributed by atoms with van der Waals surface area (Å²) in [5.41, 5.74) is -2.17. The highest BCUT2D eigenvalue weighted by molar-refractivity contribution is 5.44. The van der Waals surface area contributed by atoms with E-state index in [2.05, 4.69) is 9.72 Å². The molecule has 0 aromatic carbocycles. The number of pyridine rings is 1. The highest BCUT2D eigenvalue weighted by atomic mass is 19.4. The summed E-state index contributed by atoms with van der Waals surface area (Å²) in [6.07, 6.45) is -4.44. The van der Waals surface area contributed by atoms with Crippen molar-refractivity contribution in [1.82, 2.24) is 4.98 Å². The first-order valence-electron chi connectivity index (χ1n) is 4.87. The molecule has 0 radical (unpaired) electrons. The molecule has 3 nitrogen and oxygen atoms in total. The van der Waals surface area contributed by atoms with E-state index in [1.807, 2.05) is 0 Å². The van der Waals surface area contributed by atoms with Crippen molar-refractivity contribution in [3.8, 4) is 0 Å². The molecule has 1 aliphatic rings.